The van der Waals surface area contributed by atoms with Gasteiger partial charge in [0.1, 0.15) is 0 Å². The quantitative estimate of drug-likeness (QED) is 0.155. The molecule has 13 aromatic rings. The maximum atomic E-state index is 2.44. The molecule has 0 N–H and O–H groups in total. The van der Waals surface area contributed by atoms with Crippen LogP contribution in [-0.4, -0.2) is 4.57 Å². The van der Waals surface area contributed by atoms with Crippen LogP contribution >= 0.6 is 11.3 Å². The highest BCUT2D eigenvalue weighted by atomic mass is 32.1. The van der Waals surface area contributed by atoms with Gasteiger partial charge in [-0.25, -0.2) is 0 Å². The van der Waals surface area contributed by atoms with Crippen LogP contribution in [0.1, 0.15) is 0 Å². The first kappa shape index (κ1) is 37.3. The van der Waals surface area contributed by atoms with Gasteiger partial charge in [-0.2, -0.15) is 0 Å². The van der Waals surface area contributed by atoms with E-state index in [2.05, 4.69) is 252 Å². The Balaban J connectivity index is 0.920. The average Bonchev–Trinajstić information content (AvgIpc) is 3.94. The molecular formula is C62H40N2S. The van der Waals surface area contributed by atoms with Crippen molar-refractivity contribution in [3.05, 3.63) is 243 Å². The van der Waals surface area contributed by atoms with Gasteiger partial charge in [0, 0.05) is 43.3 Å². The van der Waals surface area contributed by atoms with Crippen LogP contribution in [0.4, 0.5) is 17.1 Å². The lowest BCUT2D eigenvalue weighted by Gasteiger charge is -2.26. The van der Waals surface area contributed by atoms with Crippen LogP contribution in [0.3, 0.4) is 0 Å². The van der Waals surface area contributed by atoms with E-state index >= 15 is 0 Å². The fourth-order valence-corrected chi connectivity index (χ4v) is 11.4. The molecule has 0 unspecified atom stereocenters. The number of hydrogen-bond donors (Lipinski definition) is 0. The van der Waals surface area contributed by atoms with Crippen LogP contribution in [0, 0.1) is 0 Å². The van der Waals surface area contributed by atoms with E-state index < -0.39 is 0 Å². The molecule has 13 rings (SSSR count). The van der Waals surface area contributed by atoms with Crippen LogP contribution < -0.4 is 4.90 Å². The fraction of sp³-hybridized carbons (Fsp3) is 0. The summed E-state index contributed by atoms with van der Waals surface area (Å²) in [6, 6.07) is 88.9. The molecule has 0 fully saturated rings. The highest BCUT2D eigenvalue weighted by molar-refractivity contribution is 7.27. The zero-order valence-electron chi connectivity index (χ0n) is 35.4. The molecule has 0 atom stereocenters. The third-order valence-corrected chi connectivity index (χ3v) is 14.5. The molecule has 304 valence electrons. The number of benzene rings is 11. The molecule has 0 aliphatic carbocycles. The summed E-state index contributed by atoms with van der Waals surface area (Å²) in [5, 5.41) is 10.2. The number of nitrogens with zero attached hydrogens (tertiary/aromatic N) is 2. The summed E-state index contributed by atoms with van der Waals surface area (Å²) in [4.78, 5) is 2.44. The van der Waals surface area contributed by atoms with Crippen LogP contribution in [0.2, 0.25) is 0 Å². The monoisotopic (exact) mass is 844 g/mol. The number of fused-ring (bicyclic) bond motifs is 9. The molecule has 3 heteroatoms. The van der Waals surface area contributed by atoms with Crippen molar-refractivity contribution in [1.29, 1.82) is 0 Å². The highest BCUT2D eigenvalue weighted by Gasteiger charge is 2.20. The maximum Gasteiger partial charge on any atom is 0.0640 e. The molecule has 0 saturated heterocycles. The lowest BCUT2D eigenvalue weighted by Crippen LogP contribution is -2.10. The maximum absolute atomic E-state index is 2.44. The van der Waals surface area contributed by atoms with E-state index in [1.54, 1.807) is 0 Å². The van der Waals surface area contributed by atoms with Gasteiger partial charge < -0.3 is 9.47 Å². The predicted molar refractivity (Wildman–Crippen MR) is 280 cm³/mol. The second-order valence-corrected chi connectivity index (χ2v) is 17.9. The zero-order valence-corrected chi connectivity index (χ0v) is 36.2. The minimum Gasteiger partial charge on any atom is -0.309 e. The lowest BCUT2D eigenvalue weighted by atomic mass is 9.95. The van der Waals surface area contributed by atoms with E-state index in [-0.39, 0.29) is 0 Å². The summed E-state index contributed by atoms with van der Waals surface area (Å²) in [6.45, 7) is 0. The van der Waals surface area contributed by atoms with Crippen molar-refractivity contribution in [3.63, 3.8) is 0 Å². The van der Waals surface area contributed by atoms with E-state index in [9.17, 15) is 0 Å². The molecule has 0 saturated carbocycles. The molecule has 2 nitrogen and oxygen atoms in total. The summed E-state index contributed by atoms with van der Waals surface area (Å²) in [7, 11) is 0. The molecule has 0 bridgehead atoms. The minimum atomic E-state index is 1.10. The Morgan fingerprint density at radius 2 is 0.815 bits per heavy atom. The van der Waals surface area contributed by atoms with Crippen molar-refractivity contribution in [3.8, 4) is 39.1 Å². The molecular weight excluding hydrogens is 805 g/mol. The highest BCUT2D eigenvalue weighted by Crippen LogP contribution is 2.47. The minimum absolute atomic E-state index is 1.10. The molecule has 0 aliphatic rings. The molecule has 2 aromatic heterocycles. The van der Waals surface area contributed by atoms with E-state index in [4.69, 9.17) is 0 Å². The van der Waals surface area contributed by atoms with Gasteiger partial charge in [0.05, 0.1) is 21.4 Å². The van der Waals surface area contributed by atoms with Gasteiger partial charge in [-0.15, -0.1) is 11.3 Å². The van der Waals surface area contributed by atoms with E-state index in [0.29, 0.717) is 0 Å². The van der Waals surface area contributed by atoms with Crippen LogP contribution in [0.25, 0.3) is 103 Å². The van der Waals surface area contributed by atoms with Gasteiger partial charge in [0.25, 0.3) is 0 Å². The Hall–Kier alpha value is -8.24. The first-order valence-corrected chi connectivity index (χ1v) is 23.1. The summed E-state index contributed by atoms with van der Waals surface area (Å²) in [5.74, 6) is 0. The van der Waals surface area contributed by atoms with Crippen LogP contribution in [0.5, 0.6) is 0 Å². The van der Waals surface area contributed by atoms with Crippen LogP contribution in [0.15, 0.2) is 243 Å². The van der Waals surface area contributed by atoms with Gasteiger partial charge in [0.2, 0.25) is 0 Å². The predicted octanol–water partition coefficient (Wildman–Crippen LogP) is 17.9. The lowest BCUT2D eigenvalue weighted by molar-refractivity contribution is 1.18. The molecule has 2 heterocycles. The average molecular weight is 845 g/mol. The molecule has 0 aliphatic heterocycles. The first-order chi connectivity index (χ1) is 32.2. The van der Waals surface area contributed by atoms with Gasteiger partial charge in [-0.05, 0) is 116 Å². The van der Waals surface area contributed by atoms with Crippen molar-refractivity contribution >= 4 is 91.9 Å². The van der Waals surface area contributed by atoms with Crippen molar-refractivity contribution in [2.75, 3.05) is 4.90 Å². The Bertz CT molecular complexity index is 3890. The fourth-order valence-electron chi connectivity index (χ4n) is 10.1. The van der Waals surface area contributed by atoms with Gasteiger partial charge in [0.15, 0.2) is 0 Å². The van der Waals surface area contributed by atoms with Crippen molar-refractivity contribution in [1.82, 2.24) is 4.57 Å². The van der Waals surface area contributed by atoms with E-state index in [1.165, 1.54) is 103 Å². The number of anilines is 3. The summed E-state index contributed by atoms with van der Waals surface area (Å²) in [5.41, 5.74) is 14.1. The Kier molecular flexibility index (Phi) is 8.75. The Labute approximate surface area is 381 Å². The van der Waals surface area contributed by atoms with Crippen LogP contribution in [-0.2, 0) is 0 Å². The third kappa shape index (κ3) is 6.24. The van der Waals surface area contributed by atoms with Crippen molar-refractivity contribution < 1.29 is 0 Å². The molecule has 0 spiro atoms. The summed E-state index contributed by atoms with van der Waals surface area (Å²) < 4.78 is 4.99. The summed E-state index contributed by atoms with van der Waals surface area (Å²) >= 11 is 1.89. The van der Waals surface area contributed by atoms with Gasteiger partial charge in [-0.3, -0.25) is 0 Å². The Morgan fingerprint density at radius 1 is 0.308 bits per heavy atom. The summed E-state index contributed by atoms with van der Waals surface area (Å²) in [6.07, 6.45) is 0. The number of thiophene rings is 1. The standard InChI is InChI=1S/C62H40N2S/c1-3-20-51-43(13-1)15-11-24-52(51)47-18-9-16-45(39-47)41-29-34-48(35-30-41)63(60-28-12-25-56-57-38-33-44-14-2-4-21-53(44)61(57)65-62(56)60)49-36-31-42(32-37-49)46-17-10-19-50(40-46)64-58-26-7-5-22-54(58)55-23-6-8-27-59(55)64/h1-40H. The SMILES string of the molecule is c1cc(-c2ccc(N(c3ccc(-c4cccc(-n5c6ccccc6c6ccccc65)c4)cc3)c3cccc4c3sc3c5ccccc5ccc43)cc2)cc(-c2cccc3ccccc23)c1. The van der Waals surface area contributed by atoms with Crippen molar-refractivity contribution in [2.24, 2.45) is 0 Å². The second-order valence-electron chi connectivity index (χ2n) is 16.9. The van der Waals surface area contributed by atoms with Crippen molar-refractivity contribution in [2.45, 2.75) is 0 Å². The largest absolute Gasteiger partial charge is 0.309 e. The van der Waals surface area contributed by atoms with E-state index in [0.717, 1.165) is 17.1 Å². The number of para-hydroxylation sites is 2. The number of rotatable bonds is 7. The first-order valence-electron chi connectivity index (χ1n) is 22.2. The number of aromatic nitrogens is 1. The molecule has 0 radical (unpaired) electrons. The van der Waals surface area contributed by atoms with Gasteiger partial charge in [-0.1, -0.05) is 182 Å². The van der Waals surface area contributed by atoms with Gasteiger partial charge >= 0.3 is 0 Å². The zero-order chi connectivity index (χ0) is 42.8. The van der Waals surface area contributed by atoms with E-state index in [1.807, 2.05) is 11.3 Å². The normalized spacial score (nSPS) is 11.7. The topological polar surface area (TPSA) is 8.17 Å². The molecule has 11 aromatic carbocycles. The molecule has 0 amide bonds. The smallest absolute Gasteiger partial charge is 0.0640 e. The third-order valence-electron chi connectivity index (χ3n) is 13.2. The second kappa shape index (κ2) is 15.2. The Morgan fingerprint density at radius 3 is 1.52 bits per heavy atom. The molecule has 65 heavy (non-hydrogen) atoms. The number of hydrogen-bond acceptors (Lipinski definition) is 2.